The molecule has 2 saturated carbocycles. The molecule has 0 unspecified atom stereocenters. The summed E-state index contributed by atoms with van der Waals surface area (Å²) in [6.45, 7) is 4.79. The molecule has 10 heteroatoms. The zero-order chi connectivity index (χ0) is 24.4. The second-order valence-electron chi connectivity index (χ2n) is 9.62. The highest BCUT2D eigenvalue weighted by Crippen LogP contribution is 2.38. The van der Waals surface area contributed by atoms with Crippen molar-refractivity contribution >= 4 is 12.1 Å². The summed E-state index contributed by atoms with van der Waals surface area (Å²) < 4.78 is 13.3. The third-order valence-electron chi connectivity index (χ3n) is 6.93. The lowest BCUT2D eigenvalue weighted by Crippen LogP contribution is -2.30. The number of aliphatic carboxylic acids is 1. The molecule has 2 aliphatic rings. The highest BCUT2D eigenvalue weighted by Gasteiger charge is 2.34. The minimum absolute atomic E-state index is 0.0640. The van der Waals surface area contributed by atoms with Crippen LogP contribution in [0.25, 0.3) is 11.4 Å². The molecule has 2 aliphatic carbocycles. The van der Waals surface area contributed by atoms with Crippen LogP contribution in [0.4, 0.5) is 4.79 Å². The van der Waals surface area contributed by atoms with Crippen LogP contribution in [0.1, 0.15) is 50.4 Å². The van der Waals surface area contributed by atoms with Crippen molar-refractivity contribution in [1.82, 2.24) is 24.6 Å². The van der Waals surface area contributed by atoms with E-state index in [4.69, 9.17) is 9.47 Å². The van der Waals surface area contributed by atoms with E-state index < -0.39 is 5.97 Å². The maximum Gasteiger partial charge on any atom is 0.409 e. The first kappa shape index (κ1) is 24.0. The SMILES string of the molecule is Cc1nc(-c2cnn(C)c2COC(=O)N(C)C[C@@H]2C[C@H]2C)ncc1O[C@H]1CCC[C@H](C(=O)O)C1. The molecular weight excluding hydrogens is 438 g/mol. The summed E-state index contributed by atoms with van der Waals surface area (Å²) in [5.41, 5.74) is 2.05. The van der Waals surface area contributed by atoms with Crippen LogP contribution in [0.15, 0.2) is 12.4 Å². The van der Waals surface area contributed by atoms with Crippen LogP contribution >= 0.6 is 0 Å². The van der Waals surface area contributed by atoms with Crippen LogP contribution in [-0.2, 0) is 23.2 Å². The number of ether oxygens (including phenoxy) is 2. The number of nitrogens with zero attached hydrogens (tertiary/aromatic N) is 5. The van der Waals surface area contributed by atoms with Gasteiger partial charge in [-0.2, -0.15) is 5.10 Å². The van der Waals surface area contributed by atoms with E-state index in [0.717, 1.165) is 19.3 Å². The summed E-state index contributed by atoms with van der Waals surface area (Å²) >= 11 is 0. The molecule has 34 heavy (non-hydrogen) atoms. The first-order valence-corrected chi connectivity index (χ1v) is 11.8. The zero-order valence-corrected chi connectivity index (χ0v) is 20.2. The average molecular weight is 472 g/mol. The van der Waals surface area contributed by atoms with Gasteiger partial charge in [-0.05, 0) is 50.9 Å². The van der Waals surface area contributed by atoms with Gasteiger partial charge in [0.1, 0.15) is 6.61 Å². The van der Waals surface area contributed by atoms with E-state index >= 15 is 0 Å². The van der Waals surface area contributed by atoms with Gasteiger partial charge in [0.25, 0.3) is 0 Å². The Hall–Kier alpha value is -3.17. The molecule has 2 aromatic heterocycles. The highest BCUT2D eigenvalue weighted by molar-refractivity contribution is 5.70. The standard InChI is InChI=1S/C24H33N5O5/c1-14-8-17(14)12-28(3)24(32)33-13-20-19(10-26-29(20)4)22-25-11-21(15(2)27-22)34-18-7-5-6-16(9-18)23(30)31/h10-11,14,16-18H,5-9,12-13H2,1-4H3,(H,30,31)/t14-,16+,17+,18+/m1/s1. The molecular formula is C24H33N5O5. The summed E-state index contributed by atoms with van der Waals surface area (Å²) in [6, 6.07) is 0. The van der Waals surface area contributed by atoms with E-state index in [0.29, 0.717) is 59.7 Å². The van der Waals surface area contributed by atoms with Gasteiger partial charge in [-0.15, -0.1) is 0 Å². The van der Waals surface area contributed by atoms with Gasteiger partial charge in [-0.25, -0.2) is 14.8 Å². The molecule has 1 N–H and O–H groups in total. The molecule has 4 rings (SSSR count). The lowest BCUT2D eigenvalue weighted by atomic mass is 9.87. The van der Waals surface area contributed by atoms with Crippen LogP contribution < -0.4 is 4.74 Å². The number of hydrogen-bond acceptors (Lipinski definition) is 7. The minimum atomic E-state index is -0.769. The fraction of sp³-hybridized carbons (Fsp3) is 0.625. The summed E-state index contributed by atoms with van der Waals surface area (Å²) in [5, 5.41) is 13.6. The normalized spacial score (nSPS) is 23.9. The molecule has 10 nitrogen and oxygen atoms in total. The first-order valence-electron chi connectivity index (χ1n) is 11.8. The lowest BCUT2D eigenvalue weighted by Gasteiger charge is -2.27. The molecule has 0 spiro atoms. The molecule has 0 bridgehead atoms. The zero-order valence-electron chi connectivity index (χ0n) is 20.2. The largest absolute Gasteiger partial charge is 0.487 e. The van der Waals surface area contributed by atoms with Crippen LogP contribution in [0.2, 0.25) is 0 Å². The van der Waals surface area contributed by atoms with Crippen molar-refractivity contribution in [2.75, 3.05) is 13.6 Å². The number of aromatic nitrogens is 4. The second kappa shape index (κ2) is 9.99. The van der Waals surface area contributed by atoms with E-state index in [1.54, 1.807) is 36.1 Å². The van der Waals surface area contributed by atoms with Gasteiger partial charge in [0.15, 0.2) is 11.6 Å². The molecule has 4 atom stereocenters. The minimum Gasteiger partial charge on any atom is -0.487 e. The fourth-order valence-corrected chi connectivity index (χ4v) is 4.50. The number of carbonyl (C=O) groups is 2. The van der Waals surface area contributed by atoms with Crippen LogP contribution in [0, 0.1) is 24.7 Å². The smallest absolute Gasteiger partial charge is 0.409 e. The molecule has 2 fully saturated rings. The monoisotopic (exact) mass is 471 g/mol. The predicted molar refractivity (Wildman–Crippen MR) is 123 cm³/mol. The Morgan fingerprint density at radius 1 is 1.26 bits per heavy atom. The lowest BCUT2D eigenvalue weighted by molar-refractivity contribution is -0.143. The Morgan fingerprint density at radius 3 is 2.71 bits per heavy atom. The van der Waals surface area contributed by atoms with Gasteiger partial charge in [0.2, 0.25) is 0 Å². The second-order valence-corrected chi connectivity index (χ2v) is 9.62. The van der Waals surface area contributed by atoms with Crippen molar-refractivity contribution in [2.45, 2.75) is 58.7 Å². The summed E-state index contributed by atoms with van der Waals surface area (Å²) in [4.78, 5) is 34.4. The number of carbonyl (C=O) groups excluding carboxylic acids is 1. The average Bonchev–Trinajstić information content (AvgIpc) is 3.37. The van der Waals surface area contributed by atoms with Crippen molar-refractivity contribution in [2.24, 2.45) is 24.8 Å². The Labute approximate surface area is 199 Å². The highest BCUT2D eigenvalue weighted by atomic mass is 16.6. The molecule has 2 heterocycles. The van der Waals surface area contributed by atoms with E-state index in [2.05, 4.69) is 22.0 Å². The van der Waals surface area contributed by atoms with Gasteiger partial charge in [0.05, 0.1) is 41.4 Å². The van der Waals surface area contributed by atoms with Crippen LogP contribution in [-0.4, -0.2) is 61.5 Å². The Bertz CT molecular complexity index is 1050. The number of rotatable bonds is 8. The van der Waals surface area contributed by atoms with Gasteiger partial charge >= 0.3 is 12.1 Å². The molecule has 0 saturated heterocycles. The number of carboxylic acid groups (broad SMARTS) is 1. The molecule has 184 valence electrons. The maximum atomic E-state index is 12.4. The Morgan fingerprint density at radius 2 is 2.03 bits per heavy atom. The number of amides is 1. The fourth-order valence-electron chi connectivity index (χ4n) is 4.50. The third-order valence-corrected chi connectivity index (χ3v) is 6.93. The van der Waals surface area contributed by atoms with Crippen molar-refractivity contribution in [3.8, 4) is 17.1 Å². The predicted octanol–water partition coefficient (Wildman–Crippen LogP) is 3.43. The van der Waals surface area contributed by atoms with Crippen LogP contribution in [0.3, 0.4) is 0 Å². The van der Waals surface area contributed by atoms with Gasteiger partial charge < -0.3 is 19.5 Å². The number of carboxylic acids is 1. The quantitative estimate of drug-likeness (QED) is 0.622. The van der Waals surface area contributed by atoms with Crippen molar-refractivity contribution in [3.63, 3.8) is 0 Å². The van der Waals surface area contributed by atoms with Gasteiger partial charge in [0, 0.05) is 20.6 Å². The molecule has 0 aliphatic heterocycles. The topological polar surface area (TPSA) is 120 Å². The van der Waals surface area contributed by atoms with Crippen molar-refractivity contribution in [3.05, 3.63) is 23.8 Å². The Kier molecular flexibility index (Phi) is 7.04. The van der Waals surface area contributed by atoms with Crippen molar-refractivity contribution in [1.29, 1.82) is 0 Å². The molecule has 2 aromatic rings. The summed E-state index contributed by atoms with van der Waals surface area (Å²) in [5.74, 6) is 1.11. The molecule has 0 aromatic carbocycles. The summed E-state index contributed by atoms with van der Waals surface area (Å²) in [6.07, 6.45) is 6.73. The number of aryl methyl sites for hydroxylation is 2. The Balaban J connectivity index is 1.41. The maximum absolute atomic E-state index is 12.4. The number of hydrogen-bond donors (Lipinski definition) is 1. The molecule has 1 amide bonds. The summed E-state index contributed by atoms with van der Waals surface area (Å²) in [7, 11) is 3.54. The van der Waals surface area contributed by atoms with E-state index in [1.807, 2.05) is 6.92 Å². The van der Waals surface area contributed by atoms with Gasteiger partial charge in [-0.3, -0.25) is 9.48 Å². The third kappa shape index (κ3) is 5.48. The van der Waals surface area contributed by atoms with E-state index in [1.165, 1.54) is 0 Å². The van der Waals surface area contributed by atoms with E-state index in [-0.39, 0.29) is 24.7 Å². The van der Waals surface area contributed by atoms with E-state index in [9.17, 15) is 14.7 Å². The van der Waals surface area contributed by atoms with Crippen molar-refractivity contribution < 1.29 is 24.2 Å². The first-order chi connectivity index (χ1) is 16.2. The van der Waals surface area contributed by atoms with Gasteiger partial charge in [-0.1, -0.05) is 6.92 Å². The van der Waals surface area contributed by atoms with Crippen LogP contribution in [0.5, 0.6) is 5.75 Å². The molecule has 0 radical (unpaired) electrons.